The van der Waals surface area contributed by atoms with Crippen LogP contribution in [-0.2, 0) is 13.1 Å². The number of benzene rings is 2. The molecule has 1 aliphatic heterocycles. The summed E-state index contributed by atoms with van der Waals surface area (Å²) in [5.74, 6) is -0.349. The molecule has 4 rings (SSSR count). The molecule has 30 heavy (non-hydrogen) atoms. The van der Waals surface area contributed by atoms with Crippen LogP contribution in [0.3, 0.4) is 0 Å². The maximum Gasteiger partial charge on any atom is 0.277 e. The van der Waals surface area contributed by atoms with Crippen LogP contribution in [-0.4, -0.2) is 46.9 Å². The van der Waals surface area contributed by atoms with Gasteiger partial charge in [0.1, 0.15) is 12.1 Å². The number of nitrogens with zero attached hydrogens (tertiary/aromatic N) is 3. The fraction of sp³-hybridized carbons (Fsp3) is 0.273. The van der Waals surface area contributed by atoms with Crippen LogP contribution in [0.5, 0.6) is 0 Å². The molecule has 2 heterocycles. The number of hydrogen-bond donors (Lipinski definition) is 1. The van der Waals surface area contributed by atoms with Gasteiger partial charge in [-0.1, -0.05) is 29.8 Å². The second-order valence-corrected chi connectivity index (χ2v) is 7.71. The van der Waals surface area contributed by atoms with Crippen molar-refractivity contribution in [3.63, 3.8) is 0 Å². The molecule has 156 valence electrons. The summed E-state index contributed by atoms with van der Waals surface area (Å²) in [6.07, 6.45) is 1.33. The minimum atomic E-state index is -0.427. The molecule has 0 unspecified atom stereocenters. The lowest BCUT2D eigenvalue weighted by Crippen LogP contribution is -2.45. The number of amides is 1. The topological polar surface area (TPSA) is 61.6 Å². The average Bonchev–Trinajstić information content (AvgIpc) is 3.20. The molecule has 0 atom stereocenters. The van der Waals surface area contributed by atoms with Gasteiger partial charge in [0, 0.05) is 43.4 Å². The SMILES string of the molecule is O=C(Nc1cccc(F)c1)c1coc(CN2CCN(Cc3ccc(Cl)cc3)CC2)n1. The lowest BCUT2D eigenvalue weighted by molar-refractivity contribution is 0.102. The van der Waals surface area contributed by atoms with Crippen LogP contribution in [0.4, 0.5) is 10.1 Å². The highest BCUT2D eigenvalue weighted by Crippen LogP contribution is 2.15. The van der Waals surface area contributed by atoms with E-state index < -0.39 is 11.7 Å². The third kappa shape index (κ3) is 5.44. The largest absolute Gasteiger partial charge is 0.447 e. The minimum absolute atomic E-state index is 0.177. The van der Waals surface area contributed by atoms with Gasteiger partial charge >= 0.3 is 0 Å². The third-order valence-corrected chi connectivity index (χ3v) is 5.26. The minimum Gasteiger partial charge on any atom is -0.447 e. The summed E-state index contributed by atoms with van der Waals surface area (Å²) in [4.78, 5) is 21.2. The summed E-state index contributed by atoms with van der Waals surface area (Å²) in [5.41, 5.74) is 1.80. The first-order chi connectivity index (χ1) is 14.5. The van der Waals surface area contributed by atoms with Crippen molar-refractivity contribution in [2.45, 2.75) is 13.1 Å². The summed E-state index contributed by atoms with van der Waals surface area (Å²) in [6.45, 7) is 5.10. The zero-order chi connectivity index (χ0) is 20.9. The summed E-state index contributed by atoms with van der Waals surface area (Å²) in [7, 11) is 0. The van der Waals surface area contributed by atoms with E-state index in [1.54, 1.807) is 6.07 Å². The molecule has 1 aromatic heterocycles. The summed E-state index contributed by atoms with van der Waals surface area (Å²) >= 11 is 5.94. The Morgan fingerprint density at radius 1 is 1.07 bits per heavy atom. The normalized spacial score (nSPS) is 15.3. The van der Waals surface area contributed by atoms with Gasteiger partial charge in [0.2, 0.25) is 5.89 Å². The number of carbonyl (C=O) groups excluding carboxylic acids is 1. The molecule has 8 heteroatoms. The number of anilines is 1. The first kappa shape index (κ1) is 20.5. The van der Waals surface area contributed by atoms with Crippen molar-refractivity contribution < 1.29 is 13.6 Å². The predicted molar refractivity (Wildman–Crippen MR) is 113 cm³/mol. The Kier molecular flexibility index (Phi) is 6.42. The quantitative estimate of drug-likeness (QED) is 0.642. The van der Waals surface area contributed by atoms with Crippen molar-refractivity contribution in [2.75, 3.05) is 31.5 Å². The van der Waals surface area contributed by atoms with Gasteiger partial charge in [-0.05, 0) is 35.9 Å². The Hall–Kier alpha value is -2.74. The number of nitrogens with one attached hydrogen (secondary N) is 1. The van der Waals surface area contributed by atoms with Crippen molar-refractivity contribution in [3.8, 4) is 0 Å². The number of carbonyl (C=O) groups is 1. The molecule has 0 spiro atoms. The van der Waals surface area contributed by atoms with Crippen LogP contribution in [0, 0.1) is 5.82 Å². The van der Waals surface area contributed by atoms with Gasteiger partial charge < -0.3 is 9.73 Å². The zero-order valence-electron chi connectivity index (χ0n) is 16.4. The number of oxazole rings is 1. The number of rotatable bonds is 6. The number of hydrogen-bond acceptors (Lipinski definition) is 5. The van der Waals surface area contributed by atoms with E-state index >= 15 is 0 Å². The van der Waals surface area contributed by atoms with Crippen molar-refractivity contribution in [3.05, 3.63) is 82.8 Å². The van der Waals surface area contributed by atoms with Gasteiger partial charge in [-0.25, -0.2) is 9.37 Å². The average molecular weight is 429 g/mol. The second kappa shape index (κ2) is 9.38. The molecule has 6 nitrogen and oxygen atoms in total. The van der Waals surface area contributed by atoms with E-state index in [0.29, 0.717) is 18.1 Å². The highest BCUT2D eigenvalue weighted by Gasteiger charge is 2.20. The van der Waals surface area contributed by atoms with Gasteiger partial charge in [-0.15, -0.1) is 0 Å². The maximum atomic E-state index is 13.3. The van der Waals surface area contributed by atoms with E-state index in [1.165, 1.54) is 30.0 Å². The van der Waals surface area contributed by atoms with Gasteiger partial charge in [-0.3, -0.25) is 14.6 Å². The fourth-order valence-electron chi connectivity index (χ4n) is 3.39. The first-order valence-corrected chi connectivity index (χ1v) is 10.1. The van der Waals surface area contributed by atoms with E-state index in [-0.39, 0.29) is 5.69 Å². The molecule has 0 radical (unpaired) electrons. The maximum absolute atomic E-state index is 13.3. The van der Waals surface area contributed by atoms with Gasteiger partial charge in [0.15, 0.2) is 5.69 Å². The highest BCUT2D eigenvalue weighted by molar-refractivity contribution is 6.30. The Balaban J connectivity index is 1.26. The molecule has 2 aromatic carbocycles. The fourth-order valence-corrected chi connectivity index (χ4v) is 3.52. The molecule has 1 amide bonds. The Bertz CT molecular complexity index is 1000. The number of aromatic nitrogens is 1. The van der Waals surface area contributed by atoms with E-state index in [0.717, 1.165) is 37.7 Å². The lowest BCUT2D eigenvalue weighted by Gasteiger charge is -2.34. The van der Waals surface area contributed by atoms with Gasteiger partial charge in [-0.2, -0.15) is 0 Å². The second-order valence-electron chi connectivity index (χ2n) is 7.27. The summed E-state index contributed by atoms with van der Waals surface area (Å²) in [5, 5.41) is 3.37. The monoisotopic (exact) mass is 428 g/mol. The molecule has 0 saturated carbocycles. The molecule has 3 aromatic rings. The van der Waals surface area contributed by atoms with Crippen molar-refractivity contribution >= 4 is 23.2 Å². The summed E-state index contributed by atoms with van der Waals surface area (Å²) in [6, 6.07) is 13.7. The molecular weight excluding hydrogens is 407 g/mol. The lowest BCUT2D eigenvalue weighted by atomic mass is 10.2. The van der Waals surface area contributed by atoms with Crippen molar-refractivity contribution in [1.82, 2.24) is 14.8 Å². The first-order valence-electron chi connectivity index (χ1n) is 9.76. The molecular formula is C22H22ClFN4O2. The number of piperazine rings is 1. The van der Waals surface area contributed by atoms with E-state index in [2.05, 4.69) is 32.2 Å². The third-order valence-electron chi connectivity index (χ3n) is 5.01. The molecule has 1 N–H and O–H groups in total. The van der Waals surface area contributed by atoms with E-state index in [4.69, 9.17) is 16.0 Å². The van der Waals surface area contributed by atoms with E-state index in [9.17, 15) is 9.18 Å². The smallest absolute Gasteiger partial charge is 0.277 e. The van der Waals surface area contributed by atoms with Gasteiger partial charge in [0.25, 0.3) is 5.91 Å². The number of halogens is 2. The molecule has 0 aliphatic carbocycles. The van der Waals surface area contributed by atoms with Gasteiger partial charge in [0.05, 0.1) is 6.54 Å². The van der Waals surface area contributed by atoms with Crippen molar-refractivity contribution in [2.24, 2.45) is 0 Å². The van der Waals surface area contributed by atoms with Crippen LogP contribution in [0.25, 0.3) is 0 Å². The zero-order valence-corrected chi connectivity index (χ0v) is 17.1. The van der Waals surface area contributed by atoms with Crippen LogP contribution in [0.2, 0.25) is 5.02 Å². The molecule has 1 saturated heterocycles. The predicted octanol–water partition coefficient (Wildman–Crippen LogP) is 4.04. The van der Waals surface area contributed by atoms with Crippen LogP contribution in [0.1, 0.15) is 21.9 Å². The van der Waals surface area contributed by atoms with Crippen molar-refractivity contribution in [1.29, 1.82) is 0 Å². The Labute approximate surface area is 179 Å². The molecule has 0 bridgehead atoms. The Morgan fingerprint density at radius 3 is 2.47 bits per heavy atom. The molecule has 1 fully saturated rings. The van der Waals surface area contributed by atoms with Crippen LogP contribution >= 0.6 is 11.6 Å². The standard InChI is InChI=1S/C22H22ClFN4O2/c23-17-6-4-16(5-7-17)13-27-8-10-28(11-9-27)14-21-26-20(15-30-21)22(29)25-19-3-1-2-18(24)12-19/h1-7,12,15H,8-11,13-14H2,(H,25,29). The highest BCUT2D eigenvalue weighted by atomic mass is 35.5. The van der Waals surface area contributed by atoms with Crippen LogP contribution < -0.4 is 5.32 Å². The van der Waals surface area contributed by atoms with E-state index in [1.807, 2.05) is 12.1 Å². The Morgan fingerprint density at radius 2 is 1.77 bits per heavy atom. The molecule has 1 aliphatic rings. The van der Waals surface area contributed by atoms with Crippen LogP contribution in [0.15, 0.2) is 59.2 Å². The summed E-state index contributed by atoms with van der Waals surface area (Å²) < 4.78 is 18.7.